The molecule has 0 aliphatic heterocycles. The number of benzene rings is 2. The first-order valence-corrected chi connectivity index (χ1v) is 9.73. The zero-order chi connectivity index (χ0) is 21.3. The molecular formula is C25H17ClN2O2. The summed E-state index contributed by atoms with van der Waals surface area (Å²) in [5.74, 6) is 4.82. The number of nitrogens with zero attached hydrogens (tertiary/aromatic N) is 1. The Morgan fingerprint density at radius 1 is 1.03 bits per heavy atom. The Hall–Kier alpha value is -3.68. The maximum Gasteiger partial charge on any atom is 0.261 e. The van der Waals surface area contributed by atoms with Crippen LogP contribution in [0.25, 0.3) is 22.0 Å². The van der Waals surface area contributed by atoms with E-state index < -0.39 is 11.3 Å². The summed E-state index contributed by atoms with van der Waals surface area (Å²) in [6, 6.07) is 18.2. The lowest BCUT2D eigenvalue weighted by Gasteiger charge is -2.11. The summed E-state index contributed by atoms with van der Waals surface area (Å²) >= 11 is 6.21. The highest BCUT2D eigenvalue weighted by molar-refractivity contribution is 6.31. The Balaban J connectivity index is 1.95. The number of fused-ring (bicyclic) bond motifs is 1. The van der Waals surface area contributed by atoms with E-state index in [1.54, 1.807) is 24.3 Å². The topological polar surface area (TPSA) is 62.8 Å². The number of aromatic nitrogens is 2. The highest BCUT2D eigenvalue weighted by atomic mass is 35.5. The summed E-state index contributed by atoms with van der Waals surface area (Å²) in [6.45, 7) is 3.80. The number of carbonyl (C=O) groups is 1. The van der Waals surface area contributed by atoms with E-state index in [2.05, 4.69) is 21.8 Å². The van der Waals surface area contributed by atoms with Gasteiger partial charge >= 0.3 is 0 Å². The average Bonchev–Trinajstić information content (AvgIpc) is 2.71. The lowest BCUT2D eigenvalue weighted by Crippen LogP contribution is -2.19. The van der Waals surface area contributed by atoms with Crippen molar-refractivity contribution in [1.29, 1.82) is 0 Å². The number of nitrogens with one attached hydrogen (secondary N) is 1. The van der Waals surface area contributed by atoms with Gasteiger partial charge in [-0.25, -0.2) is 4.98 Å². The number of hydrogen-bond acceptors (Lipinski definition) is 3. The van der Waals surface area contributed by atoms with Gasteiger partial charge in [-0.2, -0.15) is 0 Å². The van der Waals surface area contributed by atoms with Crippen molar-refractivity contribution < 1.29 is 4.79 Å². The Labute approximate surface area is 178 Å². The van der Waals surface area contributed by atoms with Crippen molar-refractivity contribution >= 4 is 28.3 Å². The van der Waals surface area contributed by atoms with Crippen LogP contribution in [0.3, 0.4) is 0 Å². The number of aryl methyl sites for hydroxylation is 2. The van der Waals surface area contributed by atoms with E-state index in [0.717, 1.165) is 16.8 Å². The fourth-order valence-electron chi connectivity index (χ4n) is 3.48. The predicted octanol–water partition coefficient (Wildman–Crippen LogP) is 5.09. The van der Waals surface area contributed by atoms with Gasteiger partial charge in [-0.15, -0.1) is 0 Å². The number of aromatic amines is 1. The van der Waals surface area contributed by atoms with Crippen LogP contribution in [0.5, 0.6) is 0 Å². The Morgan fingerprint density at radius 3 is 2.53 bits per heavy atom. The molecule has 0 atom stereocenters. The van der Waals surface area contributed by atoms with Gasteiger partial charge in [-0.3, -0.25) is 9.59 Å². The van der Waals surface area contributed by atoms with Crippen LogP contribution in [-0.2, 0) is 0 Å². The van der Waals surface area contributed by atoms with E-state index in [4.69, 9.17) is 11.6 Å². The maximum atomic E-state index is 13.1. The van der Waals surface area contributed by atoms with Gasteiger partial charge in [0.1, 0.15) is 11.3 Å². The summed E-state index contributed by atoms with van der Waals surface area (Å²) in [7, 11) is 0. The van der Waals surface area contributed by atoms with Crippen molar-refractivity contribution in [3.05, 3.63) is 98.6 Å². The molecule has 1 N–H and O–H groups in total. The van der Waals surface area contributed by atoms with Gasteiger partial charge in [-0.05, 0) is 67.1 Å². The largest absolute Gasteiger partial charge is 0.321 e. The Bertz CT molecular complexity index is 1390. The minimum atomic E-state index is -0.571. The predicted molar refractivity (Wildman–Crippen MR) is 120 cm³/mol. The van der Waals surface area contributed by atoms with E-state index in [-0.39, 0.29) is 5.56 Å². The van der Waals surface area contributed by atoms with Crippen LogP contribution in [0.15, 0.2) is 65.5 Å². The summed E-state index contributed by atoms with van der Waals surface area (Å²) in [4.78, 5) is 33.1. The van der Waals surface area contributed by atoms with Crippen LogP contribution in [0.1, 0.15) is 27.3 Å². The molecule has 0 saturated carbocycles. The molecule has 2 aromatic heterocycles. The number of H-pyrrole nitrogens is 1. The third-order valence-corrected chi connectivity index (χ3v) is 4.90. The second-order valence-electron chi connectivity index (χ2n) is 7.01. The van der Waals surface area contributed by atoms with Crippen LogP contribution in [-0.4, -0.2) is 15.8 Å². The molecule has 2 heterocycles. The molecule has 0 fully saturated rings. The zero-order valence-electron chi connectivity index (χ0n) is 16.4. The number of carbonyl (C=O) groups excluding carboxylic acids is 1. The smallest absolute Gasteiger partial charge is 0.261 e. The second-order valence-corrected chi connectivity index (χ2v) is 7.45. The van der Waals surface area contributed by atoms with Crippen molar-refractivity contribution in [3.63, 3.8) is 0 Å². The van der Waals surface area contributed by atoms with Crippen LogP contribution in [0.4, 0.5) is 0 Å². The van der Waals surface area contributed by atoms with Gasteiger partial charge in [0.2, 0.25) is 5.78 Å². The summed E-state index contributed by atoms with van der Waals surface area (Å²) in [5.41, 5.74) is 3.67. The summed E-state index contributed by atoms with van der Waals surface area (Å²) in [6.07, 6.45) is 0. The van der Waals surface area contributed by atoms with Crippen LogP contribution in [0, 0.1) is 25.7 Å². The molecule has 4 aromatic rings. The van der Waals surface area contributed by atoms with E-state index in [0.29, 0.717) is 27.2 Å². The van der Waals surface area contributed by atoms with Gasteiger partial charge < -0.3 is 4.98 Å². The third-order valence-electron chi connectivity index (χ3n) is 4.67. The molecule has 0 saturated heterocycles. The van der Waals surface area contributed by atoms with Crippen LogP contribution in [0.2, 0.25) is 5.02 Å². The van der Waals surface area contributed by atoms with Crippen molar-refractivity contribution in [3.8, 4) is 23.0 Å². The molecule has 4 nitrogen and oxygen atoms in total. The standard InChI is InChI=1S/C25H17ClN2O2/c1-15-12-16(2)27-19(13-15)9-11-22(29)24-23(17-6-4-3-5-7-17)20-14-18(26)8-10-21(20)28-25(24)30/h3-8,10,12-14H,1-2H3,(H,28,30). The van der Waals surface area contributed by atoms with Gasteiger partial charge in [0, 0.05) is 27.2 Å². The molecule has 0 amide bonds. The molecule has 0 spiro atoms. The van der Waals surface area contributed by atoms with E-state index in [1.807, 2.05) is 50.2 Å². The highest BCUT2D eigenvalue weighted by Gasteiger charge is 2.19. The van der Waals surface area contributed by atoms with Gasteiger partial charge in [-0.1, -0.05) is 41.9 Å². The van der Waals surface area contributed by atoms with Gasteiger partial charge in [0.15, 0.2) is 0 Å². The fraction of sp³-hybridized carbons (Fsp3) is 0.0800. The van der Waals surface area contributed by atoms with Gasteiger partial charge in [0.05, 0.1) is 0 Å². The lowest BCUT2D eigenvalue weighted by atomic mass is 9.94. The number of pyridine rings is 2. The average molecular weight is 413 g/mol. The van der Waals surface area contributed by atoms with Crippen LogP contribution < -0.4 is 5.56 Å². The van der Waals surface area contributed by atoms with Crippen molar-refractivity contribution in [2.24, 2.45) is 0 Å². The Kier molecular flexibility index (Phi) is 5.22. The normalized spacial score (nSPS) is 10.5. The molecular weight excluding hydrogens is 396 g/mol. The molecule has 4 rings (SSSR count). The zero-order valence-corrected chi connectivity index (χ0v) is 17.2. The monoisotopic (exact) mass is 412 g/mol. The summed E-state index contributed by atoms with van der Waals surface area (Å²) in [5, 5.41) is 1.19. The molecule has 5 heteroatoms. The maximum absolute atomic E-state index is 13.1. The molecule has 0 radical (unpaired) electrons. The molecule has 0 unspecified atom stereocenters. The highest BCUT2D eigenvalue weighted by Crippen LogP contribution is 2.31. The minimum Gasteiger partial charge on any atom is -0.321 e. The second kappa shape index (κ2) is 7.98. The van der Waals surface area contributed by atoms with Crippen LogP contribution >= 0.6 is 11.6 Å². The number of Topliss-reactive ketones (excluding diaryl/α,β-unsaturated/α-hetero) is 1. The first kappa shape index (κ1) is 19.6. The third kappa shape index (κ3) is 3.89. The number of halogens is 1. The summed E-state index contributed by atoms with van der Waals surface area (Å²) < 4.78 is 0. The SMILES string of the molecule is Cc1cc(C)nc(C#CC(=O)c2c(-c3ccccc3)c3cc(Cl)ccc3[nH]c2=O)c1. The molecule has 2 aromatic carbocycles. The molecule has 0 aliphatic rings. The lowest BCUT2D eigenvalue weighted by molar-refractivity contribution is 0.105. The number of ketones is 1. The van der Waals surface area contributed by atoms with Crippen molar-refractivity contribution in [1.82, 2.24) is 9.97 Å². The first-order chi connectivity index (χ1) is 14.4. The van der Waals surface area contributed by atoms with E-state index >= 15 is 0 Å². The van der Waals surface area contributed by atoms with Crippen molar-refractivity contribution in [2.45, 2.75) is 13.8 Å². The number of hydrogen-bond donors (Lipinski definition) is 1. The molecule has 30 heavy (non-hydrogen) atoms. The quantitative estimate of drug-likeness (QED) is 0.368. The molecule has 0 bridgehead atoms. The van der Waals surface area contributed by atoms with Gasteiger partial charge in [0.25, 0.3) is 5.56 Å². The van der Waals surface area contributed by atoms with E-state index in [9.17, 15) is 9.59 Å². The first-order valence-electron chi connectivity index (χ1n) is 9.35. The molecule has 146 valence electrons. The van der Waals surface area contributed by atoms with E-state index in [1.165, 1.54) is 0 Å². The molecule has 0 aliphatic carbocycles. The fourth-order valence-corrected chi connectivity index (χ4v) is 3.65. The minimum absolute atomic E-state index is 0.00663. The Morgan fingerprint density at radius 2 is 1.80 bits per heavy atom. The van der Waals surface area contributed by atoms with Crippen molar-refractivity contribution in [2.75, 3.05) is 0 Å². The number of rotatable bonds is 2.